The van der Waals surface area contributed by atoms with Gasteiger partial charge in [-0.25, -0.2) is 9.97 Å². The van der Waals surface area contributed by atoms with Crippen LogP contribution in [0.15, 0.2) is 54.7 Å². The number of ether oxygens (including phenoxy) is 1. The number of benzene rings is 1. The summed E-state index contributed by atoms with van der Waals surface area (Å²) < 4.78 is 6.28. The van der Waals surface area contributed by atoms with E-state index in [1.807, 2.05) is 24.4 Å². The van der Waals surface area contributed by atoms with Crippen molar-refractivity contribution in [3.05, 3.63) is 60.3 Å². The molecule has 1 aliphatic heterocycles. The molecule has 1 aromatic carbocycles. The molecule has 2 aromatic heterocycles. The van der Waals surface area contributed by atoms with Crippen molar-refractivity contribution >= 4 is 16.7 Å². The van der Waals surface area contributed by atoms with Crippen LogP contribution in [-0.4, -0.2) is 35.2 Å². The molecule has 1 saturated carbocycles. The van der Waals surface area contributed by atoms with Gasteiger partial charge in [0.1, 0.15) is 11.9 Å². The Kier molecular flexibility index (Phi) is 4.83. The zero-order valence-corrected chi connectivity index (χ0v) is 16.0. The molecule has 28 heavy (non-hydrogen) atoms. The van der Waals surface area contributed by atoms with Crippen LogP contribution in [0, 0.1) is 0 Å². The van der Waals surface area contributed by atoms with E-state index in [9.17, 15) is 0 Å². The van der Waals surface area contributed by atoms with Crippen LogP contribution in [0.3, 0.4) is 0 Å². The van der Waals surface area contributed by atoms with Crippen LogP contribution in [0.25, 0.3) is 10.9 Å². The van der Waals surface area contributed by atoms with Crippen molar-refractivity contribution in [2.24, 2.45) is 0 Å². The van der Waals surface area contributed by atoms with Gasteiger partial charge in [0.2, 0.25) is 5.88 Å². The van der Waals surface area contributed by atoms with Crippen molar-refractivity contribution in [1.29, 1.82) is 0 Å². The third kappa shape index (κ3) is 3.67. The van der Waals surface area contributed by atoms with Crippen LogP contribution in [0.4, 0.5) is 5.82 Å². The largest absolute Gasteiger partial charge is 0.474 e. The Morgan fingerprint density at radius 2 is 1.82 bits per heavy atom. The summed E-state index contributed by atoms with van der Waals surface area (Å²) in [6, 6.07) is 17.0. The van der Waals surface area contributed by atoms with Crippen LogP contribution in [0.5, 0.6) is 5.88 Å². The summed E-state index contributed by atoms with van der Waals surface area (Å²) in [6.45, 7) is 2.15. The first kappa shape index (κ1) is 17.4. The third-order valence-corrected chi connectivity index (χ3v) is 5.90. The molecule has 2 aliphatic rings. The second-order valence-electron chi connectivity index (χ2n) is 7.86. The number of anilines is 1. The molecule has 2 N–H and O–H groups in total. The summed E-state index contributed by atoms with van der Waals surface area (Å²) in [7, 11) is 0. The highest BCUT2D eigenvalue weighted by molar-refractivity contribution is 5.80. The molecule has 0 amide bonds. The van der Waals surface area contributed by atoms with Gasteiger partial charge in [-0.3, -0.25) is 0 Å². The minimum atomic E-state index is 0.230. The zero-order valence-electron chi connectivity index (χ0n) is 16.0. The van der Waals surface area contributed by atoms with Gasteiger partial charge in [-0.2, -0.15) is 0 Å². The van der Waals surface area contributed by atoms with Crippen LogP contribution in [0.1, 0.15) is 37.2 Å². The van der Waals surface area contributed by atoms with E-state index in [1.165, 1.54) is 10.9 Å². The lowest BCUT2D eigenvalue weighted by atomic mass is 9.88. The monoisotopic (exact) mass is 374 g/mol. The van der Waals surface area contributed by atoms with Gasteiger partial charge in [0.05, 0.1) is 5.52 Å². The number of pyridine rings is 2. The minimum absolute atomic E-state index is 0.230. The predicted octanol–water partition coefficient (Wildman–Crippen LogP) is 4.12. The maximum atomic E-state index is 6.28. The third-order valence-electron chi connectivity index (χ3n) is 5.90. The van der Waals surface area contributed by atoms with Gasteiger partial charge in [-0.15, -0.1) is 0 Å². The van der Waals surface area contributed by atoms with Crippen molar-refractivity contribution < 1.29 is 4.74 Å². The highest BCUT2D eigenvalue weighted by Gasteiger charge is 2.32. The molecule has 0 unspecified atom stereocenters. The van der Waals surface area contributed by atoms with Crippen LogP contribution in [-0.2, 0) is 0 Å². The molecule has 3 heterocycles. The van der Waals surface area contributed by atoms with E-state index in [1.54, 1.807) is 0 Å². The lowest BCUT2D eigenvalue weighted by Crippen LogP contribution is -2.43. The van der Waals surface area contributed by atoms with E-state index < -0.39 is 0 Å². The number of nitrogens with one attached hydrogen (secondary N) is 2. The lowest BCUT2D eigenvalue weighted by molar-refractivity contribution is 0.100. The second-order valence-corrected chi connectivity index (χ2v) is 7.86. The normalized spacial score (nSPS) is 22.6. The van der Waals surface area contributed by atoms with Gasteiger partial charge in [0, 0.05) is 36.0 Å². The maximum absolute atomic E-state index is 6.28. The fraction of sp³-hybridized carbons (Fsp3) is 0.391. The summed E-state index contributed by atoms with van der Waals surface area (Å²) in [4.78, 5) is 9.25. The van der Waals surface area contributed by atoms with Crippen molar-refractivity contribution in [2.75, 3.05) is 18.4 Å². The molecule has 5 heteroatoms. The van der Waals surface area contributed by atoms with Crippen molar-refractivity contribution in [3.8, 4) is 5.88 Å². The summed E-state index contributed by atoms with van der Waals surface area (Å²) >= 11 is 0. The van der Waals surface area contributed by atoms with Crippen LogP contribution < -0.4 is 15.4 Å². The molecular weight excluding hydrogens is 348 g/mol. The Balaban J connectivity index is 1.19. The number of hydrogen-bond acceptors (Lipinski definition) is 5. The SMILES string of the molecule is c1cnc(O[C@H]2C[C@@H](Nc3ccc4ccccc4n3)C2)c(C2CCNCC2)c1. The molecule has 1 saturated heterocycles. The Hall–Kier alpha value is -2.66. The number of rotatable bonds is 5. The van der Waals surface area contributed by atoms with E-state index in [2.05, 4.69) is 45.9 Å². The Morgan fingerprint density at radius 1 is 0.964 bits per heavy atom. The molecule has 3 aromatic rings. The first-order chi connectivity index (χ1) is 13.8. The van der Waals surface area contributed by atoms with E-state index in [-0.39, 0.29) is 6.10 Å². The standard InChI is InChI=1S/C23H26N4O/c1-2-6-21-17(4-1)7-8-22(27-21)26-18-14-19(15-18)28-23-20(5-3-11-25-23)16-9-12-24-13-10-16/h1-8,11,16,18-19,24H,9-10,12-15H2,(H,26,27)/t18-,19+. The molecule has 0 spiro atoms. The zero-order chi connectivity index (χ0) is 18.8. The van der Waals surface area contributed by atoms with Gasteiger partial charge in [-0.05, 0) is 56.1 Å². The lowest BCUT2D eigenvalue weighted by Gasteiger charge is -2.36. The summed E-state index contributed by atoms with van der Waals surface area (Å²) in [6.07, 6.45) is 6.35. The summed E-state index contributed by atoms with van der Waals surface area (Å²) in [5, 5.41) is 8.15. The quantitative estimate of drug-likeness (QED) is 0.704. The van der Waals surface area contributed by atoms with Crippen molar-refractivity contribution in [3.63, 3.8) is 0 Å². The first-order valence-electron chi connectivity index (χ1n) is 10.3. The second kappa shape index (κ2) is 7.76. The first-order valence-corrected chi connectivity index (χ1v) is 10.3. The molecular formula is C23H26N4O. The Labute approximate surface area is 165 Å². The van der Waals surface area contributed by atoms with E-state index in [4.69, 9.17) is 9.72 Å². The highest BCUT2D eigenvalue weighted by Crippen LogP contribution is 2.34. The van der Waals surface area contributed by atoms with Crippen LogP contribution in [0.2, 0.25) is 0 Å². The topological polar surface area (TPSA) is 59.1 Å². The number of aromatic nitrogens is 2. The minimum Gasteiger partial charge on any atom is -0.474 e. The van der Waals surface area contributed by atoms with E-state index in [0.29, 0.717) is 12.0 Å². The van der Waals surface area contributed by atoms with Gasteiger partial charge in [0.25, 0.3) is 0 Å². The van der Waals surface area contributed by atoms with Gasteiger partial charge >= 0.3 is 0 Å². The van der Waals surface area contributed by atoms with Crippen molar-refractivity contribution in [2.45, 2.75) is 43.7 Å². The molecule has 0 bridgehead atoms. The fourth-order valence-corrected chi connectivity index (χ4v) is 4.24. The summed E-state index contributed by atoms with van der Waals surface area (Å²) in [5.74, 6) is 2.33. The summed E-state index contributed by atoms with van der Waals surface area (Å²) in [5.41, 5.74) is 2.30. The molecule has 0 atom stereocenters. The number of nitrogens with zero attached hydrogens (tertiary/aromatic N) is 2. The van der Waals surface area contributed by atoms with Gasteiger partial charge in [0.15, 0.2) is 0 Å². The molecule has 144 valence electrons. The van der Waals surface area contributed by atoms with Crippen LogP contribution >= 0.6 is 0 Å². The van der Waals surface area contributed by atoms with E-state index >= 15 is 0 Å². The average molecular weight is 374 g/mol. The average Bonchev–Trinajstić information content (AvgIpc) is 2.73. The molecule has 5 rings (SSSR count). The molecule has 0 radical (unpaired) electrons. The predicted molar refractivity (Wildman–Crippen MR) is 112 cm³/mol. The van der Waals surface area contributed by atoms with E-state index in [0.717, 1.165) is 56.0 Å². The number of hydrogen-bond donors (Lipinski definition) is 2. The smallest absolute Gasteiger partial charge is 0.217 e. The number of fused-ring (bicyclic) bond motifs is 1. The molecule has 2 fully saturated rings. The molecule has 1 aliphatic carbocycles. The Bertz CT molecular complexity index is 948. The number of piperidine rings is 1. The molecule has 5 nitrogen and oxygen atoms in total. The van der Waals surface area contributed by atoms with Crippen molar-refractivity contribution in [1.82, 2.24) is 15.3 Å². The Morgan fingerprint density at radius 3 is 2.71 bits per heavy atom. The van der Waals surface area contributed by atoms with Gasteiger partial charge in [-0.1, -0.05) is 24.3 Å². The number of para-hydroxylation sites is 1. The highest BCUT2D eigenvalue weighted by atomic mass is 16.5. The fourth-order valence-electron chi connectivity index (χ4n) is 4.24. The van der Waals surface area contributed by atoms with Gasteiger partial charge < -0.3 is 15.4 Å². The maximum Gasteiger partial charge on any atom is 0.217 e.